The minimum Gasteiger partial charge on any atom is -0.369 e. The molecule has 7 nitrogen and oxygen atoms in total. The molecule has 1 aliphatic rings. The summed E-state index contributed by atoms with van der Waals surface area (Å²) in [7, 11) is 0. The zero-order chi connectivity index (χ0) is 13.9. The maximum atomic E-state index is 11.7. The third-order valence-electron chi connectivity index (χ3n) is 2.95. The summed E-state index contributed by atoms with van der Waals surface area (Å²) in [4.78, 5) is 20.3. The van der Waals surface area contributed by atoms with E-state index in [1.54, 1.807) is 17.0 Å². The molecule has 8 heteroatoms. The Morgan fingerprint density at radius 3 is 3.10 bits per heavy atom. The maximum absolute atomic E-state index is 11.7. The number of aromatic amines is 1. The van der Waals surface area contributed by atoms with Crippen molar-refractivity contribution in [2.75, 3.05) is 11.9 Å². The van der Waals surface area contributed by atoms with Gasteiger partial charge in [-0.2, -0.15) is 0 Å². The Hall–Kier alpha value is -1.83. The van der Waals surface area contributed by atoms with Crippen LogP contribution in [0, 0.1) is 0 Å². The lowest BCUT2D eigenvalue weighted by molar-refractivity contribution is 0.642. The molecule has 0 aromatic carbocycles. The van der Waals surface area contributed by atoms with Crippen molar-refractivity contribution in [3.63, 3.8) is 0 Å². The fraction of sp³-hybridized carbons (Fsp3) is 0.500. The van der Waals surface area contributed by atoms with Crippen LogP contribution in [0.2, 0.25) is 0 Å². The Kier molecular flexibility index (Phi) is 3.72. The molecule has 20 heavy (non-hydrogen) atoms. The first-order valence-electron chi connectivity index (χ1n) is 6.68. The molecule has 1 fully saturated rings. The van der Waals surface area contributed by atoms with Crippen molar-refractivity contribution in [1.29, 1.82) is 0 Å². The van der Waals surface area contributed by atoms with Gasteiger partial charge < -0.3 is 5.32 Å². The molecule has 106 valence electrons. The van der Waals surface area contributed by atoms with E-state index in [0.29, 0.717) is 5.16 Å². The lowest BCUT2D eigenvalue weighted by Gasteiger charge is -2.05. The molecule has 0 radical (unpaired) electrons. The van der Waals surface area contributed by atoms with Gasteiger partial charge in [0.2, 0.25) is 0 Å². The Bertz CT molecular complexity index is 647. The van der Waals surface area contributed by atoms with Crippen molar-refractivity contribution in [1.82, 2.24) is 24.7 Å². The summed E-state index contributed by atoms with van der Waals surface area (Å²) in [5, 5.41) is 11.1. The van der Waals surface area contributed by atoms with Crippen molar-refractivity contribution in [2.45, 2.75) is 42.4 Å². The lowest BCUT2D eigenvalue weighted by atomic mass is 10.5. The van der Waals surface area contributed by atoms with Gasteiger partial charge in [-0.3, -0.25) is 9.55 Å². The largest absolute Gasteiger partial charge is 0.369 e. The predicted octanol–water partition coefficient (Wildman–Crippen LogP) is 1.67. The first-order chi connectivity index (χ1) is 9.78. The van der Waals surface area contributed by atoms with E-state index in [1.165, 1.54) is 11.8 Å². The highest BCUT2D eigenvalue weighted by Crippen LogP contribution is 2.37. The number of nitrogens with zero attached hydrogens (tertiary/aromatic N) is 4. The second-order valence-electron chi connectivity index (χ2n) is 4.68. The monoisotopic (exact) mass is 292 g/mol. The first kappa shape index (κ1) is 13.2. The summed E-state index contributed by atoms with van der Waals surface area (Å²) in [6.45, 7) is 2.95. The molecule has 0 aliphatic heterocycles. The van der Waals surface area contributed by atoms with Crippen LogP contribution < -0.4 is 11.0 Å². The van der Waals surface area contributed by atoms with Crippen LogP contribution in [0.15, 0.2) is 27.4 Å². The van der Waals surface area contributed by atoms with E-state index in [-0.39, 0.29) is 11.7 Å². The summed E-state index contributed by atoms with van der Waals surface area (Å²) < 4.78 is 1.71. The Morgan fingerprint density at radius 1 is 1.50 bits per heavy atom. The number of H-pyrrole nitrogens is 1. The fourth-order valence-electron chi connectivity index (χ4n) is 1.85. The van der Waals surface area contributed by atoms with Crippen LogP contribution in [-0.2, 0) is 0 Å². The molecule has 1 aliphatic carbocycles. The predicted molar refractivity (Wildman–Crippen MR) is 76.1 cm³/mol. The van der Waals surface area contributed by atoms with E-state index in [2.05, 4.69) is 32.4 Å². The minimum absolute atomic E-state index is 0.150. The zero-order valence-corrected chi connectivity index (χ0v) is 12.0. The highest BCUT2D eigenvalue weighted by atomic mass is 32.2. The normalized spacial score (nSPS) is 14.4. The molecular formula is C12H16N6OS. The quantitative estimate of drug-likeness (QED) is 0.842. The highest BCUT2D eigenvalue weighted by molar-refractivity contribution is 7.99. The van der Waals surface area contributed by atoms with Gasteiger partial charge in [-0.1, -0.05) is 6.92 Å². The van der Waals surface area contributed by atoms with Crippen LogP contribution in [0.4, 0.5) is 5.82 Å². The van der Waals surface area contributed by atoms with Crippen molar-refractivity contribution >= 4 is 17.6 Å². The van der Waals surface area contributed by atoms with Gasteiger partial charge in [0.25, 0.3) is 0 Å². The Labute approximate surface area is 120 Å². The Morgan fingerprint density at radius 2 is 2.35 bits per heavy atom. The number of rotatable bonds is 6. The molecule has 0 saturated heterocycles. The molecule has 2 aromatic heterocycles. The maximum Gasteiger partial charge on any atom is 0.344 e. The zero-order valence-electron chi connectivity index (χ0n) is 11.2. The number of aromatic nitrogens is 5. The highest BCUT2D eigenvalue weighted by Gasteiger charge is 2.28. The minimum atomic E-state index is -0.150. The van der Waals surface area contributed by atoms with E-state index >= 15 is 0 Å². The van der Waals surface area contributed by atoms with Gasteiger partial charge in [0, 0.05) is 12.6 Å². The van der Waals surface area contributed by atoms with Gasteiger partial charge in [0.1, 0.15) is 10.8 Å². The molecule has 2 aromatic rings. The summed E-state index contributed by atoms with van der Waals surface area (Å²) in [6.07, 6.45) is 6.48. The van der Waals surface area contributed by atoms with Gasteiger partial charge in [0.05, 0.1) is 12.4 Å². The van der Waals surface area contributed by atoms with Gasteiger partial charge in [-0.25, -0.2) is 14.9 Å². The fourth-order valence-corrected chi connectivity index (χ4v) is 2.71. The molecule has 3 rings (SSSR count). The average molecular weight is 292 g/mol. The molecule has 0 bridgehead atoms. The second-order valence-corrected chi connectivity index (χ2v) is 5.67. The van der Waals surface area contributed by atoms with Crippen LogP contribution in [-0.4, -0.2) is 31.3 Å². The molecule has 0 atom stereocenters. The third-order valence-corrected chi connectivity index (χ3v) is 3.82. The molecule has 0 spiro atoms. The van der Waals surface area contributed by atoms with E-state index in [0.717, 1.165) is 36.7 Å². The van der Waals surface area contributed by atoms with Crippen molar-refractivity contribution in [3.05, 3.63) is 22.9 Å². The van der Waals surface area contributed by atoms with Crippen LogP contribution in [0.3, 0.4) is 0 Å². The number of hydrogen-bond acceptors (Lipinski definition) is 6. The van der Waals surface area contributed by atoms with Crippen LogP contribution in [0.1, 0.15) is 32.2 Å². The molecule has 0 unspecified atom stereocenters. The van der Waals surface area contributed by atoms with Crippen LogP contribution in [0.5, 0.6) is 0 Å². The number of nitrogens with one attached hydrogen (secondary N) is 2. The second kappa shape index (κ2) is 5.66. The molecule has 2 heterocycles. The summed E-state index contributed by atoms with van der Waals surface area (Å²) in [5.74, 6) is 0.743. The standard InChI is InChI=1S/C12H16N6OS/c1-2-5-14-9-6-13-7-10(15-9)20-12-17-16-11(19)18(12)8-3-4-8/h6-8H,2-5H2,1H3,(H,14,15)(H,16,19). The molecular weight excluding hydrogens is 276 g/mol. The van der Waals surface area contributed by atoms with Crippen molar-refractivity contribution < 1.29 is 0 Å². The number of hydrogen-bond donors (Lipinski definition) is 2. The summed E-state index contributed by atoms with van der Waals surface area (Å²) >= 11 is 1.36. The van der Waals surface area contributed by atoms with Crippen LogP contribution in [0.25, 0.3) is 0 Å². The summed E-state index contributed by atoms with van der Waals surface area (Å²) in [5.41, 5.74) is -0.150. The van der Waals surface area contributed by atoms with Crippen molar-refractivity contribution in [3.8, 4) is 0 Å². The SMILES string of the molecule is CCCNc1cncc(Sc2n[nH]c(=O)n2C2CC2)n1. The van der Waals surface area contributed by atoms with Crippen molar-refractivity contribution in [2.24, 2.45) is 0 Å². The number of anilines is 1. The van der Waals surface area contributed by atoms with E-state index < -0.39 is 0 Å². The molecule has 1 saturated carbocycles. The third kappa shape index (κ3) is 2.84. The van der Waals surface area contributed by atoms with Gasteiger partial charge in [-0.15, -0.1) is 5.10 Å². The first-order valence-corrected chi connectivity index (χ1v) is 7.50. The smallest absolute Gasteiger partial charge is 0.344 e. The van der Waals surface area contributed by atoms with E-state index in [4.69, 9.17) is 0 Å². The topological polar surface area (TPSA) is 88.5 Å². The Balaban J connectivity index is 1.79. The van der Waals surface area contributed by atoms with Gasteiger partial charge >= 0.3 is 5.69 Å². The molecule has 2 N–H and O–H groups in total. The lowest BCUT2D eigenvalue weighted by Crippen LogP contribution is -2.16. The van der Waals surface area contributed by atoms with E-state index in [1.807, 2.05) is 0 Å². The summed E-state index contributed by atoms with van der Waals surface area (Å²) in [6, 6.07) is 0.290. The van der Waals surface area contributed by atoms with E-state index in [9.17, 15) is 4.79 Å². The van der Waals surface area contributed by atoms with Gasteiger partial charge in [-0.05, 0) is 31.0 Å². The van der Waals surface area contributed by atoms with Crippen LogP contribution >= 0.6 is 11.8 Å². The van der Waals surface area contributed by atoms with Gasteiger partial charge in [0.15, 0.2) is 5.16 Å². The molecule has 0 amide bonds. The average Bonchev–Trinajstić information content (AvgIpc) is 3.22.